The third-order valence-corrected chi connectivity index (χ3v) is 4.20. The van der Waals surface area contributed by atoms with Crippen LogP contribution in [0.1, 0.15) is 5.56 Å². The molecule has 148 valence electrons. The third-order valence-electron chi connectivity index (χ3n) is 3.48. The number of alkyl halides is 2. The molecule has 0 spiro atoms. The number of rotatable bonds is 8. The van der Waals surface area contributed by atoms with Gasteiger partial charge in [-0.2, -0.15) is 8.78 Å². The maximum Gasteiger partial charge on any atom is 0.387 e. The van der Waals surface area contributed by atoms with Gasteiger partial charge in [0.25, 0.3) is 5.69 Å². The molecule has 0 radical (unpaired) electrons. The van der Waals surface area contributed by atoms with Gasteiger partial charge in [0, 0.05) is 16.7 Å². The van der Waals surface area contributed by atoms with Gasteiger partial charge in [-0.25, -0.2) is 0 Å². The highest BCUT2D eigenvalue weighted by Gasteiger charge is 2.20. The number of halogens is 2. The molecule has 0 aliphatic carbocycles. The molecule has 2 aromatic carbocycles. The second kappa shape index (κ2) is 9.70. The Labute approximate surface area is 163 Å². The van der Waals surface area contributed by atoms with Gasteiger partial charge in [-0.1, -0.05) is 6.07 Å². The van der Waals surface area contributed by atoms with Crippen molar-refractivity contribution in [2.45, 2.75) is 11.5 Å². The van der Waals surface area contributed by atoms with Crippen LogP contribution in [-0.2, 0) is 4.79 Å². The number of thioether (sulfide) groups is 1. The van der Waals surface area contributed by atoms with Crippen LogP contribution in [0.25, 0.3) is 6.08 Å². The molecule has 0 saturated heterocycles. The Balaban J connectivity index is 2.27. The average Bonchev–Trinajstić information content (AvgIpc) is 2.66. The number of nitrogens with zero attached hydrogens (tertiary/aromatic N) is 1. The molecule has 0 atom stereocenters. The Kier molecular flexibility index (Phi) is 7.33. The van der Waals surface area contributed by atoms with E-state index in [0.717, 1.165) is 23.1 Å². The average molecular weight is 410 g/mol. The zero-order valence-electron chi connectivity index (χ0n) is 14.8. The van der Waals surface area contributed by atoms with Gasteiger partial charge in [0.1, 0.15) is 0 Å². The first-order valence-electron chi connectivity index (χ1n) is 7.78. The molecule has 0 aromatic heterocycles. The molecule has 1 amide bonds. The largest absolute Gasteiger partial charge is 0.493 e. The van der Waals surface area contributed by atoms with Crippen LogP contribution in [0.3, 0.4) is 0 Å². The number of hydrogen-bond donors (Lipinski definition) is 1. The predicted octanol–water partition coefficient (Wildman–Crippen LogP) is 4.58. The molecule has 0 aliphatic heterocycles. The van der Waals surface area contributed by atoms with Crippen molar-refractivity contribution in [2.75, 3.05) is 18.7 Å². The number of hydrogen-bond acceptors (Lipinski definition) is 6. The van der Waals surface area contributed by atoms with Gasteiger partial charge in [0.15, 0.2) is 11.5 Å². The highest BCUT2D eigenvalue weighted by molar-refractivity contribution is 7.98. The van der Waals surface area contributed by atoms with Crippen molar-refractivity contribution in [3.8, 4) is 11.5 Å². The molecule has 2 rings (SSSR count). The van der Waals surface area contributed by atoms with E-state index < -0.39 is 28.9 Å². The molecule has 10 heteroatoms. The molecule has 0 bridgehead atoms. The number of carbonyl (C=O) groups is 1. The Hall–Kier alpha value is -3.14. The summed E-state index contributed by atoms with van der Waals surface area (Å²) in [5.41, 5.74) is 0.0515. The Bertz CT molecular complexity index is 906. The molecule has 0 heterocycles. The van der Waals surface area contributed by atoms with E-state index in [9.17, 15) is 23.7 Å². The van der Waals surface area contributed by atoms with Crippen molar-refractivity contribution in [1.82, 2.24) is 0 Å². The summed E-state index contributed by atoms with van der Waals surface area (Å²) < 4.78 is 34.1. The topological polar surface area (TPSA) is 90.7 Å². The van der Waals surface area contributed by atoms with Crippen molar-refractivity contribution in [3.05, 3.63) is 58.2 Å². The van der Waals surface area contributed by atoms with E-state index in [1.54, 1.807) is 18.2 Å². The Morgan fingerprint density at radius 1 is 1.29 bits per heavy atom. The van der Waals surface area contributed by atoms with Crippen LogP contribution in [0.15, 0.2) is 47.4 Å². The van der Waals surface area contributed by atoms with Crippen molar-refractivity contribution >= 4 is 35.1 Å². The fourth-order valence-electron chi connectivity index (χ4n) is 2.25. The molecule has 0 unspecified atom stereocenters. The maximum absolute atomic E-state index is 12.5. The summed E-state index contributed by atoms with van der Waals surface area (Å²) in [6, 6.07) is 9.11. The SMILES string of the molecule is COc1cc(/C=C/C(=O)Nc2cccc(SC)c2)c([N+](=O)[O-])cc1OC(F)F. The van der Waals surface area contributed by atoms with Crippen LogP contribution in [0.2, 0.25) is 0 Å². The lowest BCUT2D eigenvalue weighted by Gasteiger charge is -2.11. The number of nitro groups is 1. The van der Waals surface area contributed by atoms with Crippen LogP contribution >= 0.6 is 11.8 Å². The number of carbonyl (C=O) groups excluding carboxylic acids is 1. The van der Waals surface area contributed by atoms with Gasteiger partial charge >= 0.3 is 6.61 Å². The van der Waals surface area contributed by atoms with Gasteiger partial charge in [0.05, 0.1) is 23.7 Å². The summed E-state index contributed by atoms with van der Waals surface area (Å²) in [6.07, 6.45) is 4.19. The minimum Gasteiger partial charge on any atom is -0.493 e. The van der Waals surface area contributed by atoms with Gasteiger partial charge in [-0.3, -0.25) is 14.9 Å². The fraction of sp³-hybridized carbons (Fsp3) is 0.167. The van der Waals surface area contributed by atoms with E-state index >= 15 is 0 Å². The molecule has 1 N–H and O–H groups in total. The monoisotopic (exact) mass is 410 g/mol. The van der Waals surface area contributed by atoms with E-state index in [1.165, 1.54) is 24.9 Å². The molecule has 7 nitrogen and oxygen atoms in total. The van der Waals surface area contributed by atoms with E-state index in [2.05, 4.69) is 10.1 Å². The molecule has 0 fully saturated rings. The number of anilines is 1. The molecule has 28 heavy (non-hydrogen) atoms. The van der Waals surface area contributed by atoms with Crippen LogP contribution in [0, 0.1) is 10.1 Å². The maximum atomic E-state index is 12.5. The number of nitrogens with one attached hydrogen (secondary N) is 1. The summed E-state index contributed by atoms with van der Waals surface area (Å²) in [7, 11) is 1.21. The summed E-state index contributed by atoms with van der Waals surface area (Å²) >= 11 is 1.51. The minimum absolute atomic E-state index is 0.00326. The van der Waals surface area contributed by atoms with Gasteiger partial charge < -0.3 is 14.8 Å². The summed E-state index contributed by atoms with van der Waals surface area (Å²) in [4.78, 5) is 23.5. The Morgan fingerprint density at radius 3 is 2.64 bits per heavy atom. The molecule has 0 saturated carbocycles. The van der Waals surface area contributed by atoms with Crippen LogP contribution < -0.4 is 14.8 Å². The predicted molar refractivity (Wildman–Crippen MR) is 102 cm³/mol. The third kappa shape index (κ3) is 5.68. The van der Waals surface area contributed by atoms with Crippen LogP contribution in [-0.4, -0.2) is 30.8 Å². The first-order valence-corrected chi connectivity index (χ1v) is 9.01. The van der Waals surface area contributed by atoms with Crippen molar-refractivity contribution in [1.29, 1.82) is 0 Å². The van der Waals surface area contributed by atoms with Crippen molar-refractivity contribution in [3.63, 3.8) is 0 Å². The highest BCUT2D eigenvalue weighted by Crippen LogP contribution is 2.36. The lowest BCUT2D eigenvalue weighted by molar-refractivity contribution is -0.385. The summed E-state index contributed by atoms with van der Waals surface area (Å²) in [6.45, 7) is -3.17. The van der Waals surface area contributed by atoms with E-state index in [1.807, 2.05) is 12.3 Å². The van der Waals surface area contributed by atoms with Crippen LogP contribution in [0.4, 0.5) is 20.2 Å². The standard InChI is InChI=1S/C18H16F2N2O5S/c1-26-15-8-11(14(22(24)25)10-16(15)27-18(19)20)6-7-17(23)21-12-4-3-5-13(9-12)28-2/h3-10,18H,1-2H3,(H,21,23)/b7-6+. The van der Waals surface area contributed by atoms with E-state index in [-0.39, 0.29) is 11.3 Å². The number of nitro benzene ring substituents is 1. The van der Waals surface area contributed by atoms with Gasteiger partial charge in [0.2, 0.25) is 5.91 Å². The zero-order chi connectivity index (χ0) is 20.7. The molecular weight excluding hydrogens is 394 g/mol. The Morgan fingerprint density at radius 2 is 2.04 bits per heavy atom. The molecule has 2 aromatic rings. The van der Waals surface area contributed by atoms with Crippen molar-refractivity contribution < 1.29 is 28.0 Å². The van der Waals surface area contributed by atoms with Crippen LogP contribution in [0.5, 0.6) is 11.5 Å². The smallest absolute Gasteiger partial charge is 0.387 e. The number of ether oxygens (including phenoxy) is 2. The number of amides is 1. The number of methoxy groups -OCH3 is 1. The lowest BCUT2D eigenvalue weighted by atomic mass is 10.1. The normalized spacial score (nSPS) is 10.9. The van der Waals surface area contributed by atoms with Gasteiger partial charge in [-0.15, -0.1) is 11.8 Å². The summed E-state index contributed by atoms with van der Waals surface area (Å²) in [5.74, 6) is -1.11. The highest BCUT2D eigenvalue weighted by atomic mass is 32.2. The number of benzene rings is 2. The van der Waals surface area contributed by atoms with Gasteiger partial charge in [-0.05, 0) is 36.6 Å². The lowest BCUT2D eigenvalue weighted by Crippen LogP contribution is -2.08. The molecular formula is C18H16F2N2O5S. The zero-order valence-corrected chi connectivity index (χ0v) is 15.7. The summed E-state index contributed by atoms with van der Waals surface area (Å²) in [5, 5.41) is 13.9. The first-order chi connectivity index (χ1) is 13.3. The second-order valence-electron chi connectivity index (χ2n) is 5.25. The second-order valence-corrected chi connectivity index (χ2v) is 6.13. The van der Waals surface area contributed by atoms with E-state index in [4.69, 9.17) is 4.74 Å². The quantitative estimate of drug-likeness (QED) is 0.297. The fourth-order valence-corrected chi connectivity index (χ4v) is 2.71. The van der Waals surface area contributed by atoms with Crippen molar-refractivity contribution in [2.24, 2.45) is 0 Å². The molecule has 0 aliphatic rings. The van der Waals surface area contributed by atoms with E-state index in [0.29, 0.717) is 5.69 Å². The minimum atomic E-state index is -3.17. The first kappa shape index (κ1) is 21.2.